The highest BCUT2D eigenvalue weighted by Gasteiger charge is 2.10. The van der Waals surface area contributed by atoms with Gasteiger partial charge in [-0.15, -0.1) is 0 Å². The Kier molecular flexibility index (Phi) is 5.03. The van der Waals surface area contributed by atoms with E-state index in [2.05, 4.69) is 46.9 Å². The van der Waals surface area contributed by atoms with Gasteiger partial charge in [-0.05, 0) is 38.6 Å². The molecule has 1 aromatic carbocycles. The van der Waals surface area contributed by atoms with Crippen molar-refractivity contribution in [2.24, 2.45) is 0 Å². The maximum absolute atomic E-state index is 5.85. The third kappa shape index (κ3) is 3.35. The van der Waals surface area contributed by atoms with Crippen molar-refractivity contribution < 1.29 is 4.74 Å². The van der Waals surface area contributed by atoms with Crippen LogP contribution in [0, 0.1) is 6.92 Å². The molecule has 0 radical (unpaired) electrons. The largest absolute Gasteiger partial charge is 0.486 e. The second-order valence-electron chi connectivity index (χ2n) is 3.80. The molecule has 0 amide bonds. The molecule has 2 nitrogen and oxygen atoms in total. The van der Waals surface area contributed by atoms with Crippen LogP contribution in [-0.2, 0) is 6.54 Å². The summed E-state index contributed by atoms with van der Waals surface area (Å²) in [5.74, 6) is 0.949. The molecule has 1 aromatic rings. The molecule has 1 rings (SSSR count). The van der Waals surface area contributed by atoms with Gasteiger partial charge in [-0.1, -0.05) is 28.6 Å². The normalized spacial score (nSPS) is 12.2. The van der Waals surface area contributed by atoms with Gasteiger partial charge in [0.1, 0.15) is 11.9 Å². The second kappa shape index (κ2) is 6.06. The third-order valence-corrected chi connectivity index (χ3v) is 2.78. The van der Waals surface area contributed by atoms with E-state index in [1.165, 1.54) is 0 Å². The topological polar surface area (TPSA) is 21.3 Å². The molecule has 0 bridgehead atoms. The number of rotatable bonds is 5. The summed E-state index contributed by atoms with van der Waals surface area (Å²) in [7, 11) is 1.93. The van der Waals surface area contributed by atoms with E-state index in [1.807, 2.05) is 14.0 Å². The zero-order chi connectivity index (χ0) is 12.1. The van der Waals surface area contributed by atoms with Crippen molar-refractivity contribution >= 4 is 15.9 Å². The molecule has 3 heteroatoms. The van der Waals surface area contributed by atoms with Crippen LogP contribution in [0.25, 0.3) is 0 Å². The Labute approximate surface area is 106 Å². The first-order valence-electron chi connectivity index (χ1n) is 5.31. The predicted octanol–water partition coefficient (Wildman–Crippen LogP) is 3.43. The van der Waals surface area contributed by atoms with Crippen LogP contribution in [0.5, 0.6) is 5.75 Å². The van der Waals surface area contributed by atoms with Gasteiger partial charge in [0.05, 0.1) is 0 Å². The second-order valence-corrected chi connectivity index (χ2v) is 4.72. The maximum atomic E-state index is 5.85. The summed E-state index contributed by atoms with van der Waals surface area (Å²) in [5, 5.41) is 3.14. The number of hydrogen-bond acceptors (Lipinski definition) is 2. The molecule has 0 heterocycles. The summed E-state index contributed by atoms with van der Waals surface area (Å²) in [5.41, 5.74) is 2.29. The van der Waals surface area contributed by atoms with Crippen LogP contribution >= 0.6 is 15.9 Å². The highest BCUT2D eigenvalue weighted by molar-refractivity contribution is 9.10. The fourth-order valence-corrected chi connectivity index (χ4v) is 2.14. The van der Waals surface area contributed by atoms with E-state index in [-0.39, 0.29) is 6.10 Å². The minimum Gasteiger partial charge on any atom is -0.486 e. The molecule has 0 aliphatic rings. The Hall–Kier alpha value is -0.800. The molecule has 0 saturated heterocycles. The van der Waals surface area contributed by atoms with Crippen molar-refractivity contribution in [2.75, 3.05) is 7.05 Å². The smallest absolute Gasteiger partial charge is 0.127 e. The van der Waals surface area contributed by atoms with Gasteiger partial charge in [-0.2, -0.15) is 0 Å². The fraction of sp³-hybridized carbons (Fsp3) is 0.385. The molecule has 0 aliphatic heterocycles. The monoisotopic (exact) mass is 283 g/mol. The summed E-state index contributed by atoms with van der Waals surface area (Å²) < 4.78 is 6.93. The Morgan fingerprint density at radius 2 is 2.25 bits per heavy atom. The summed E-state index contributed by atoms with van der Waals surface area (Å²) in [6.07, 6.45) is 1.82. The Bertz CT molecular complexity index is 376. The quantitative estimate of drug-likeness (QED) is 0.836. The molecule has 88 valence electrons. The minimum atomic E-state index is 0.0236. The number of hydrogen-bond donors (Lipinski definition) is 1. The first kappa shape index (κ1) is 13.3. The molecule has 0 spiro atoms. The molecule has 1 atom stereocenters. The standard InChI is InChI=1S/C13H18BrNO/c1-5-10(3)16-13-9(2)6-12(14)7-11(13)8-15-4/h5-7,10,15H,1,8H2,2-4H3. The van der Waals surface area contributed by atoms with Crippen LogP contribution < -0.4 is 10.1 Å². The van der Waals surface area contributed by atoms with Crippen LogP contribution in [0.15, 0.2) is 29.3 Å². The van der Waals surface area contributed by atoms with Gasteiger partial charge in [0, 0.05) is 16.6 Å². The lowest BCUT2D eigenvalue weighted by atomic mass is 10.1. The Morgan fingerprint density at radius 3 is 2.81 bits per heavy atom. The van der Waals surface area contributed by atoms with Crippen molar-refractivity contribution in [1.82, 2.24) is 5.32 Å². The highest BCUT2D eigenvalue weighted by Crippen LogP contribution is 2.29. The summed E-state index contributed by atoms with van der Waals surface area (Å²) in [6, 6.07) is 4.14. The lowest BCUT2D eigenvalue weighted by Gasteiger charge is -2.17. The van der Waals surface area contributed by atoms with Crippen molar-refractivity contribution in [1.29, 1.82) is 0 Å². The zero-order valence-corrected chi connectivity index (χ0v) is 11.6. The molecule has 0 aliphatic carbocycles. The lowest BCUT2D eigenvalue weighted by molar-refractivity contribution is 0.265. The third-order valence-electron chi connectivity index (χ3n) is 2.32. The van der Waals surface area contributed by atoms with Gasteiger partial charge < -0.3 is 10.1 Å². The molecular weight excluding hydrogens is 266 g/mol. The Balaban J connectivity index is 3.07. The number of ether oxygens (including phenoxy) is 1. The molecule has 0 saturated carbocycles. The molecule has 0 fully saturated rings. The minimum absolute atomic E-state index is 0.0236. The number of nitrogens with one attached hydrogen (secondary N) is 1. The summed E-state index contributed by atoms with van der Waals surface area (Å²) >= 11 is 3.50. The van der Waals surface area contributed by atoms with Gasteiger partial charge in [-0.3, -0.25) is 0 Å². The average Bonchev–Trinajstić information content (AvgIpc) is 2.23. The van der Waals surface area contributed by atoms with E-state index in [9.17, 15) is 0 Å². The number of halogens is 1. The van der Waals surface area contributed by atoms with Crippen LogP contribution in [0.1, 0.15) is 18.1 Å². The maximum Gasteiger partial charge on any atom is 0.127 e. The van der Waals surface area contributed by atoms with E-state index < -0.39 is 0 Å². The van der Waals surface area contributed by atoms with Crippen molar-refractivity contribution in [3.63, 3.8) is 0 Å². The average molecular weight is 284 g/mol. The van der Waals surface area contributed by atoms with Crippen molar-refractivity contribution in [3.8, 4) is 5.75 Å². The highest BCUT2D eigenvalue weighted by atomic mass is 79.9. The molecular formula is C13H18BrNO. The van der Waals surface area contributed by atoms with Crippen LogP contribution in [0.4, 0.5) is 0 Å². The van der Waals surface area contributed by atoms with Crippen molar-refractivity contribution in [3.05, 3.63) is 40.4 Å². The number of benzene rings is 1. The first-order valence-corrected chi connectivity index (χ1v) is 6.10. The van der Waals surface area contributed by atoms with Gasteiger partial charge >= 0.3 is 0 Å². The SMILES string of the molecule is C=CC(C)Oc1c(C)cc(Br)cc1CNC. The van der Waals surface area contributed by atoms with E-state index in [0.717, 1.165) is 27.9 Å². The van der Waals surface area contributed by atoms with Gasteiger partial charge in [0.2, 0.25) is 0 Å². The van der Waals surface area contributed by atoms with Crippen molar-refractivity contribution in [2.45, 2.75) is 26.5 Å². The lowest BCUT2D eigenvalue weighted by Crippen LogP contribution is -2.13. The van der Waals surface area contributed by atoms with Gasteiger partial charge in [-0.25, -0.2) is 0 Å². The van der Waals surface area contributed by atoms with Crippen LogP contribution in [-0.4, -0.2) is 13.2 Å². The van der Waals surface area contributed by atoms with Gasteiger partial charge in [0.15, 0.2) is 0 Å². The fourth-order valence-electron chi connectivity index (χ4n) is 1.52. The first-order chi connectivity index (χ1) is 7.58. The molecule has 1 N–H and O–H groups in total. The summed E-state index contributed by atoms with van der Waals surface area (Å²) in [4.78, 5) is 0. The van der Waals surface area contributed by atoms with E-state index in [1.54, 1.807) is 6.08 Å². The predicted molar refractivity (Wildman–Crippen MR) is 71.9 cm³/mol. The zero-order valence-electron chi connectivity index (χ0n) is 10.0. The molecule has 0 aromatic heterocycles. The Morgan fingerprint density at radius 1 is 1.56 bits per heavy atom. The van der Waals surface area contributed by atoms with Crippen LogP contribution in [0.2, 0.25) is 0 Å². The molecule has 16 heavy (non-hydrogen) atoms. The van der Waals surface area contributed by atoms with E-state index in [0.29, 0.717) is 0 Å². The van der Waals surface area contributed by atoms with Crippen LogP contribution in [0.3, 0.4) is 0 Å². The van der Waals surface area contributed by atoms with E-state index >= 15 is 0 Å². The molecule has 1 unspecified atom stereocenters. The van der Waals surface area contributed by atoms with Gasteiger partial charge in [0.25, 0.3) is 0 Å². The van der Waals surface area contributed by atoms with E-state index in [4.69, 9.17) is 4.74 Å². The number of aryl methyl sites for hydroxylation is 1. The summed E-state index contributed by atoms with van der Waals surface area (Å²) in [6.45, 7) is 8.56.